The van der Waals surface area contributed by atoms with E-state index >= 15 is 0 Å². The molecule has 0 aliphatic carbocycles. The van der Waals surface area contributed by atoms with Gasteiger partial charge in [-0.1, -0.05) is 19.4 Å². The number of aromatic amines is 1. The standard InChI is InChI=1S/C16H20FNO3/c1-2-3-9-20-11-12(10-17)21-15-6-4-5-14-13(15)7-8-16(19)18-14/h4-8,12H,2-3,9-11H2,1H3,(H,18,19). The van der Waals surface area contributed by atoms with Crippen LogP contribution in [0.5, 0.6) is 5.75 Å². The van der Waals surface area contributed by atoms with Gasteiger partial charge in [0.25, 0.3) is 0 Å². The monoisotopic (exact) mass is 293 g/mol. The van der Waals surface area contributed by atoms with E-state index in [2.05, 4.69) is 11.9 Å². The fourth-order valence-electron chi connectivity index (χ4n) is 2.01. The summed E-state index contributed by atoms with van der Waals surface area (Å²) < 4.78 is 24.1. The fourth-order valence-corrected chi connectivity index (χ4v) is 2.01. The average molecular weight is 293 g/mol. The fraction of sp³-hybridized carbons (Fsp3) is 0.438. The minimum atomic E-state index is -0.639. The summed E-state index contributed by atoms with van der Waals surface area (Å²) >= 11 is 0. The number of hydrogen-bond donors (Lipinski definition) is 1. The lowest BCUT2D eigenvalue weighted by Gasteiger charge is -2.17. The van der Waals surface area contributed by atoms with Gasteiger partial charge in [0, 0.05) is 18.1 Å². The van der Waals surface area contributed by atoms with Gasteiger partial charge in [-0.2, -0.15) is 0 Å². The zero-order valence-corrected chi connectivity index (χ0v) is 12.1. The van der Waals surface area contributed by atoms with Gasteiger partial charge in [-0.05, 0) is 24.6 Å². The highest BCUT2D eigenvalue weighted by Gasteiger charge is 2.12. The molecule has 2 rings (SSSR count). The molecule has 1 aromatic heterocycles. The van der Waals surface area contributed by atoms with Crippen molar-refractivity contribution in [2.75, 3.05) is 19.9 Å². The van der Waals surface area contributed by atoms with Crippen LogP contribution in [-0.2, 0) is 4.74 Å². The number of pyridine rings is 1. The Hall–Kier alpha value is -1.88. The van der Waals surface area contributed by atoms with Gasteiger partial charge >= 0.3 is 0 Å². The molecule has 0 spiro atoms. The van der Waals surface area contributed by atoms with Gasteiger partial charge in [0.15, 0.2) is 6.10 Å². The number of unbranched alkanes of at least 4 members (excludes halogenated alkanes) is 1. The summed E-state index contributed by atoms with van der Waals surface area (Å²) in [7, 11) is 0. The van der Waals surface area contributed by atoms with E-state index in [-0.39, 0.29) is 12.2 Å². The molecule has 0 saturated heterocycles. The number of ether oxygens (including phenoxy) is 2. The molecule has 1 atom stereocenters. The van der Waals surface area contributed by atoms with Crippen LogP contribution in [0.1, 0.15) is 19.8 Å². The van der Waals surface area contributed by atoms with Crippen molar-refractivity contribution in [3.8, 4) is 5.75 Å². The number of aromatic nitrogens is 1. The molecule has 1 unspecified atom stereocenters. The third-order valence-corrected chi connectivity index (χ3v) is 3.14. The minimum absolute atomic E-state index is 0.176. The van der Waals surface area contributed by atoms with Gasteiger partial charge in [-0.3, -0.25) is 4.79 Å². The Bertz CT molecular complexity index is 626. The zero-order chi connectivity index (χ0) is 15.1. The lowest BCUT2D eigenvalue weighted by atomic mass is 10.2. The van der Waals surface area contributed by atoms with Gasteiger partial charge in [0.05, 0.1) is 12.1 Å². The van der Waals surface area contributed by atoms with Crippen LogP contribution in [-0.4, -0.2) is 31.0 Å². The summed E-state index contributed by atoms with van der Waals surface area (Å²) in [6, 6.07) is 8.41. The number of halogens is 1. The largest absolute Gasteiger partial charge is 0.485 e. The van der Waals surface area contributed by atoms with E-state index in [1.807, 2.05) is 0 Å². The number of rotatable bonds is 8. The molecule has 114 valence electrons. The van der Waals surface area contributed by atoms with E-state index in [0.29, 0.717) is 17.9 Å². The molecule has 21 heavy (non-hydrogen) atoms. The highest BCUT2D eigenvalue weighted by Crippen LogP contribution is 2.24. The highest BCUT2D eigenvalue weighted by molar-refractivity contribution is 5.84. The average Bonchev–Trinajstić information content (AvgIpc) is 2.50. The molecule has 0 amide bonds. The summed E-state index contributed by atoms with van der Waals surface area (Å²) in [5, 5.41) is 0.754. The zero-order valence-electron chi connectivity index (χ0n) is 12.1. The number of alkyl halides is 1. The van der Waals surface area contributed by atoms with Gasteiger partial charge < -0.3 is 14.5 Å². The second kappa shape index (κ2) is 7.78. The van der Waals surface area contributed by atoms with Crippen LogP contribution in [0.4, 0.5) is 4.39 Å². The number of H-pyrrole nitrogens is 1. The van der Waals surface area contributed by atoms with Crippen LogP contribution in [0.15, 0.2) is 35.1 Å². The molecule has 0 fully saturated rings. The number of fused-ring (bicyclic) bond motifs is 1. The Morgan fingerprint density at radius 1 is 1.29 bits per heavy atom. The molecule has 1 aromatic carbocycles. The van der Waals surface area contributed by atoms with E-state index in [9.17, 15) is 9.18 Å². The van der Waals surface area contributed by atoms with Gasteiger partial charge in [-0.25, -0.2) is 4.39 Å². The first-order valence-corrected chi connectivity index (χ1v) is 7.17. The van der Waals surface area contributed by atoms with E-state index in [4.69, 9.17) is 9.47 Å². The lowest BCUT2D eigenvalue weighted by Crippen LogP contribution is -2.25. The number of benzene rings is 1. The second-order valence-corrected chi connectivity index (χ2v) is 4.86. The molecule has 2 aromatic rings. The Balaban J connectivity index is 2.08. The molecule has 1 heterocycles. The van der Waals surface area contributed by atoms with Crippen molar-refractivity contribution >= 4 is 10.9 Å². The molecule has 0 aliphatic heterocycles. The Kier molecular flexibility index (Phi) is 5.75. The molecule has 5 heteroatoms. The van der Waals surface area contributed by atoms with Crippen molar-refractivity contribution in [2.24, 2.45) is 0 Å². The molecule has 1 N–H and O–H groups in total. The van der Waals surface area contributed by atoms with Gasteiger partial charge in [0.2, 0.25) is 5.56 Å². The van der Waals surface area contributed by atoms with Crippen molar-refractivity contribution in [3.05, 3.63) is 40.7 Å². The van der Waals surface area contributed by atoms with Crippen molar-refractivity contribution in [1.29, 1.82) is 0 Å². The van der Waals surface area contributed by atoms with Crippen LogP contribution in [0.25, 0.3) is 10.9 Å². The predicted molar refractivity (Wildman–Crippen MR) is 80.7 cm³/mol. The maximum atomic E-state index is 13.1. The molecular formula is C16H20FNO3. The second-order valence-electron chi connectivity index (χ2n) is 4.86. The maximum absolute atomic E-state index is 13.1. The van der Waals surface area contributed by atoms with Gasteiger partial charge in [-0.15, -0.1) is 0 Å². The Morgan fingerprint density at radius 3 is 2.90 bits per heavy atom. The quantitative estimate of drug-likeness (QED) is 0.761. The van der Waals surface area contributed by atoms with Crippen molar-refractivity contribution < 1.29 is 13.9 Å². The first kappa shape index (κ1) is 15.5. The van der Waals surface area contributed by atoms with Crippen LogP contribution in [0.3, 0.4) is 0 Å². The summed E-state index contributed by atoms with van der Waals surface area (Å²) in [6.07, 6.45) is 1.35. The molecule has 0 saturated carbocycles. The molecule has 0 radical (unpaired) electrons. The van der Waals surface area contributed by atoms with Gasteiger partial charge in [0.1, 0.15) is 12.4 Å². The number of hydrogen-bond acceptors (Lipinski definition) is 3. The van der Waals surface area contributed by atoms with E-state index in [0.717, 1.165) is 18.2 Å². The molecular weight excluding hydrogens is 273 g/mol. The SMILES string of the molecule is CCCCOCC(CF)Oc1cccc2[nH]c(=O)ccc12. The molecule has 4 nitrogen and oxygen atoms in total. The van der Waals surface area contributed by atoms with E-state index < -0.39 is 12.8 Å². The predicted octanol–water partition coefficient (Wildman–Crippen LogP) is 3.06. The summed E-state index contributed by atoms with van der Waals surface area (Å²) in [5.74, 6) is 0.547. The van der Waals surface area contributed by atoms with Crippen LogP contribution in [0.2, 0.25) is 0 Å². The summed E-state index contributed by atoms with van der Waals surface area (Å²) in [5.41, 5.74) is 0.495. The van der Waals surface area contributed by atoms with Crippen LogP contribution in [0, 0.1) is 0 Å². The van der Waals surface area contributed by atoms with Crippen LogP contribution < -0.4 is 10.3 Å². The van der Waals surface area contributed by atoms with Crippen molar-refractivity contribution in [2.45, 2.75) is 25.9 Å². The molecule has 0 bridgehead atoms. The summed E-state index contributed by atoms with van der Waals surface area (Å²) in [6.45, 7) is 2.28. The van der Waals surface area contributed by atoms with E-state index in [1.54, 1.807) is 24.3 Å². The van der Waals surface area contributed by atoms with Crippen molar-refractivity contribution in [1.82, 2.24) is 4.98 Å². The number of nitrogens with one attached hydrogen (secondary N) is 1. The smallest absolute Gasteiger partial charge is 0.248 e. The van der Waals surface area contributed by atoms with Crippen LogP contribution >= 0.6 is 0 Å². The maximum Gasteiger partial charge on any atom is 0.248 e. The Morgan fingerprint density at radius 2 is 2.14 bits per heavy atom. The summed E-state index contributed by atoms with van der Waals surface area (Å²) in [4.78, 5) is 14.0. The minimum Gasteiger partial charge on any atom is -0.485 e. The highest BCUT2D eigenvalue weighted by atomic mass is 19.1. The van der Waals surface area contributed by atoms with E-state index in [1.165, 1.54) is 6.07 Å². The first-order valence-electron chi connectivity index (χ1n) is 7.17. The topological polar surface area (TPSA) is 51.3 Å². The third kappa shape index (κ3) is 4.29. The lowest BCUT2D eigenvalue weighted by molar-refractivity contribution is 0.0374. The molecule has 0 aliphatic rings. The normalized spacial score (nSPS) is 12.5. The third-order valence-electron chi connectivity index (χ3n) is 3.14. The first-order chi connectivity index (χ1) is 10.2. The van der Waals surface area contributed by atoms with Crippen molar-refractivity contribution in [3.63, 3.8) is 0 Å². The Labute approximate surface area is 122 Å².